The molecule has 2 aliphatic rings. The molecule has 0 unspecified atom stereocenters. The summed E-state index contributed by atoms with van der Waals surface area (Å²) in [7, 11) is 2.97. The molecule has 1 amide bonds. The largest absolute Gasteiger partial charge is 0.497 e. The lowest BCUT2D eigenvalue weighted by Crippen LogP contribution is -2.66. The maximum absolute atomic E-state index is 13.7. The summed E-state index contributed by atoms with van der Waals surface area (Å²) in [4.78, 5) is 62.8. The first-order valence-corrected chi connectivity index (χ1v) is 13.4. The summed E-state index contributed by atoms with van der Waals surface area (Å²) in [6, 6.07) is 5.03. The molecule has 2 heterocycles. The molecule has 2 saturated heterocycles. The molecule has 1 aromatic rings. The lowest BCUT2D eigenvalue weighted by atomic mass is 9.96. The van der Waals surface area contributed by atoms with Crippen LogP contribution >= 0.6 is 24.0 Å². The maximum atomic E-state index is 13.7. The number of nitrogens with zero attached hydrogens (tertiary/aromatic N) is 1. The summed E-state index contributed by atoms with van der Waals surface area (Å²) in [5.41, 5.74) is 0.551. The van der Waals surface area contributed by atoms with Gasteiger partial charge in [0.2, 0.25) is 0 Å². The van der Waals surface area contributed by atoms with Gasteiger partial charge in [-0.05, 0) is 18.2 Å². The molecular formula is C26H29NO12S2. The van der Waals surface area contributed by atoms with Crippen molar-refractivity contribution in [2.24, 2.45) is 0 Å². The van der Waals surface area contributed by atoms with Crippen LogP contribution < -0.4 is 9.47 Å². The summed E-state index contributed by atoms with van der Waals surface area (Å²) in [5.74, 6) is -2.67. The van der Waals surface area contributed by atoms with E-state index < -0.39 is 67.0 Å². The molecule has 0 radical (unpaired) electrons. The number of hydrogen-bond acceptors (Lipinski definition) is 14. The number of rotatable bonds is 9. The maximum Gasteiger partial charge on any atom is 0.303 e. The van der Waals surface area contributed by atoms with E-state index in [4.69, 9.17) is 45.4 Å². The van der Waals surface area contributed by atoms with Crippen LogP contribution in [-0.2, 0) is 47.7 Å². The second-order valence-corrected chi connectivity index (χ2v) is 10.4. The Bertz CT molecular complexity index is 1260. The second kappa shape index (κ2) is 13.8. The fourth-order valence-corrected chi connectivity index (χ4v) is 5.49. The van der Waals surface area contributed by atoms with Crippen LogP contribution in [0.1, 0.15) is 33.3 Å². The molecule has 15 heteroatoms. The molecule has 0 aliphatic carbocycles. The minimum atomic E-state index is -1.48. The minimum absolute atomic E-state index is 0.0367. The highest BCUT2D eigenvalue weighted by atomic mass is 32.2. The van der Waals surface area contributed by atoms with Crippen LogP contribution in [0.5, 0.6) is 11.5 Å². The summed E-state index contributed by atoms with van der Waals surface area (Å²) in [6.07, 6.45) is -5.43. The van der Waals surface area contributed by atoms with Gasteiger partial charge in [-0.25, -0.2) is 0 Å². The highest BCUT2D eigenvalue weighted by Crippen LogP contribution is 2.40. The van der Waals surface area contributed by atoms with Gasteiger partial charge in [0, 0.05) is 39.3 Å². The van der Waals surface area contributed by atoms with E-state index in [-0.39, 0.29) is 9.23 Å². The van der Waals surface area contributed by atoms with Crippen molar-refractivity contribution in [3.05, 3.63) is 28.7 Å². The highest BCUT2D eigenvalue weighted by Gasteiger charge is 2.56. The van der Waals surface area contributed by atoms with Crippen molar-refractivity contribution >= 4 is 64.2 Å². The SMILES string of the molecule is COc1ccc(/C=C2/SC(=S)N([C@@H]3O[C@H](COC(C)=O)[C@H](OC(C)=O)[C@@H](OC(C)=O)[C@H]3OC(C)=O)C2=O)c(OC)c1. The first-order chi connectivity index (χ1) is 19.4. The average molecular weight is 612 g/mol. The van der Waals surface area contributed by atoms with Gasteiger partial charge in [0.1, 0.15) is 24.2 Å². The molecule has 222 valence electrons. The number of carbonyl (C=O) groups is 5. The van der Waals surface area contributed by atoms with Crippen molar-refractivity contribution in [1.29, 1.82) is 0 Å². The van der Waals surface area contributed by atoms with E-state index in [1.165, 1.54) is 14.2 Å². The molecule has 0 saturated carbocycles. The molecule has 2 fully saturated rings. The fourth-order valence-electron chi connectivity index (χ4n) is 4.19. The molecular weight excluding hydrogens is 582 g/mol. The fraction of sp³-hybridized carbons (Fsp3) is 0.462. The van der Waals surface area contributed by atoms with Crippen molar-refractivity contribution in [3.8, 4) is 11.5 Å². The number of thioether (sulfide) groups is 1. The number of ether oxygens (including phenoxy) is 7. The van der Waals surface area contributed by atoms with Gasteiger partial charge in [0.15, 0.2) is 28.9 Å². The number of amides is 1. The van der Waals surface area contributed by atoms with Gasteiger partial charge >= 0.3 is 23.9 Å². The predicted octanol–water partition coefficient (Wildman–Crippen LogP) is 1.99. The third-order valence-corrected chi connectivity index (χ3v) is 7.10. The van der Waals surface area contributed by atoms with E-state index in [0.717, 1.165) is 44.4 Å². The first-order valence-electron chi connectivity index (χ1n) is 12.2. The van der Waals surface area contributed by atoms with Crippen molar-refractivity contribution in [2.45, 2.75) is 58.3 Å². The zero-order valence-corrected chi connectivity index (χ0v) is 24.7. The number of hydrogen-bond donors (Lipinski definition) is 0. The molecule has 0 bridgehead atoms. The molecule has 5 atom stereocenters. The Morgan fingerprint density at radius 2 is 1.54 bits per heavy atom. The van der Waals surface area contributed by atoms with Gasteiger partial charge < -0.3 is 33.2 Å². The highest BCUT2D eigenvalue weighted by molar-refractivity contribution is 8.26. The lowest BCUT2D eigenvalue weighted by Gasteiger charge is -2.46. The van der Waals surface area contributed by atoms with Crippen molar-refractivity contribution in [2.75, 3.05) is 20.8 Å². The Labute approximate surface area is 245 Å². The first kappa shape index (κ1) is 31.8. The predicted molar refractivity (Wildman–Crippen MR) is 147 cm³/mol. The van der Waals surface area contributed by atoms with Crippen LogP contribution in [0.2, 0.25) is 0 Å². The van der Waals surface area contributed by atoms with Gasteiger partial charge in [-0.1, -0.05) is 24.0 Å². The van der Waals surface area contributed by atoms with Crippen LogP contribution in [0, 0.1) is 0 Å². The summed E-state index contributed by atoms with van der Waals surface area (Å²) >= 11 is 6.46. The zero-order valence-electron chi connectivity index (χ0n) is 23.1. The Kier molecular flexibility index (Phi) is 10.7. The average Bonchev–Trinajstić information content (AvgIpc) is 3.16. The van der Waals surface area contributed by atoms with E-state index in [0.29, 0.717) is 17.1 Å². The van der Waals surface area contributed by atoms with Crippen molar-refractivity contribution in [1.82, 2.24) is 4.90 Å². The summed E-state index contributed by atoms with van der Waals surface area (Å²) in [5, 5.41) is 0. The van der Waals surface area contributed by atoms with E-state index >= 15 is 0 Å². The molecule has 1 aromatic carbocycles. The smallest absolute Gasteiger partial charge is 0.303 e. The van der Waals surface area contributed by atoms with Crippen LogP contribution in [0.25, 0.3) is 6.08 Å². The van der Waals surface area contributed by atoms with E-state index in [1.54, 1.807) is 24.3 Å². The number of methoxy groups -OCH3 is 2. The Morgan fingerprint density at radius 3 is 2.10 bits per heavy atom. The number of thiocarbonyl (C=S) groups is 1. The summed E-state index contributed by atoms with van der Waals surface area (Å²) in [6.45, 7) is 4.04. The third kappa shape index (κ3) is 7.74. The summed E-state index contributed by atoms with van der Waals surface area (Å²) < 4.78 is 38.1. The molecule has 0 N–H and O–H groups in total. The van der Waals surface area contributed by atoms with Crippen molar-refractivity contribution in [3.63, 3.8) is 0 Å². The lowest BCUT2D eigenvalue weighted by molar-refractivity contribution is -0.268. The van der Waals surface area contributed by atoms with Gasteiger partial charge in [-0.15, -0.1) is 0 Å². The van der Waals surface area contributed by atoms with Crippen LogP contribution in [0.3, 0.4) is 0 Å². The molecule has 0 aromatic heterocycles. The van der Waals surface area contributed by atoms with E-state index in [1.807, 2.05) is 0 Å². The van der Waals surface area contributed by atoms with Crippen molar-refractivity contribution < 1.29 is 57.1 Å². The van der Waals surface area contributed by atoms with E-state index in [9.17, 15) is 24.0 Å². The standard InChI is InChI=1S/C26H29NO12S2/c1-12(28)35-11-19-21(36-13(2)29)22(37-14(3)30)23(38-15(4)31)25(39-19)27-24(32)20(41-26(27)40)9-16-7-8-17(33-5)10-18(16)34-6/h7-10,19,21-23,25H,11H2,1-6H3/b20-9+/t19-,21+,22-,23-,25-/m1/s1. The van der Waals surface area contributed by atoms with E-state index in [2.05, 4.69) is 0 Å². The van der Waals surface area contributed by atoms with Crippen LogP contribution in [-0.4, -0.2) is 90.5 Å². The van der Waals surface area contributed by atoms with Crippen LogP contribution in [0.4, 0.5) is 0 Å². The number of carbonyl (C=O) groups excluding carboxylic acids is 5. The monoisotopic (exact) mass is 611 g/mol. The Balaban J connectivity index is 2.07. The topological polar surface area (TPSA) is 153 Å². The third-order valence-electron chi connectivity index (χ3n) is 5.77. The minimum Gasteiger partial charge on any atom is -0.497 e. The molecule has 0 spiro atoms. The van der Waals surface area contributed by atoms with Gasteiger partial charge in [0.05, 0.1) is 19.1 Å². The molecule has 3 rings (SSSR count). The Hall–Kier alpha value is -3.69. The van der Waals surface area contributed by atoms with Gasteiger partial charge in [-0.2, -0.15) is 0 Å². The van der Waals surface area contributed by atoms with Gasteiger partial charge in [0.25, 0.3) is 5.91 Å². The molecule has 2 aliphatic heterocycles. The van der Waals surface area contributed by atoms with Crippen LogP contribution in [0.15, 0.2) is 23.1 Å². The molecule has 13 nitrogen and oxygen atoms in total. The van der Waals surface area contributed by atoms with Gasteiger partial charge in [-0.3, -0.25) is 28.9 Å². The Morgan fingerprint density at radius 1 is 0.927 bits per heavy atom. The zero-order chi connectivity index (χ0) is 30.4. The number of benzene rings is 1. The second-order valence-electron chi connectivity index (χ2n) is 8.75. The normalized spacial score (nSPS) is 25.0. The quantitative estimate of drug-likeness (QED) is 0.173. The number of esters is 4. The molecule has 41 heavy (non-hydrogen) atoms.